The molecule has 3 rings (SSSR count). The van der Waals surface area contributed by atoms with E-state index in [9.17, 15) is 38.0 Å². The fraction of sp³-hybridized carbons (Fsp3) is 0.469. The van der Waals surface area contributed by atoms with Gasteiger partial charge in [-0.2, -0.15) is 13.2 Å². The second-order valence-electron chi connectivity index (χ2n) is 10.9. The number of benzene rings is 2. The maximum atomic E-state index is 14.1. The molecule has 1 aliphatic rings. The first-order valence-corrected chi connectivity index (χ1v) is 14.9. The van der Waals surface area contributed by atoms with E-state index < -0.39 is 52.4 Å². The van der Waals surface area contributed by atoms with Crippen LogP contribution in [0.4, 0.5) is 18.9 Å². The molecule has 2 aromatic carbocycles. The smallest absolute Gasteiger partial charge is 0.430 e. The maximum absolute atomic E-state index is 14.1. The Kier molecular flexibility index (Phi) is 13.3. The molecule has 15 heteroatoms. The van der Waals surface area contributed by atoms with Crippen molar-refractivity contribution in [3.05, 3.63) is 75.5 Å². The minimum Gasteiger partial charge on any atom is -0.493 e. The van der Waals surface area contributed by atoms with Crippen LogP contribution in [0.15, 0.2) is 64.8 Å². The SMILES string of the molecule is CCOC(=O)C1C(C(F)(F)F)=NC(C)=C(C(=O)OCCCOc2ccc(OCC(O)CNC(C)C)cc2)C1c1cccc([N+](=O)[O-])c1. The summed E-state index contributed by atoms with van der Waals surface area (Å²) in [5.74, 6) is -5.04. The van der Waals surface area contributed by atoms with Gasteiger partial charge < -0.3 is 29.4 Å². The Bertz CT molecular complexity index is 1460. The van der Waals surface area contributed by atoms with Crippen LogP contribution in [-0.2, 0) is 19.1 Å². The minimum atomic E-state index is -5.07. The fourth-order valence-corrected chi connectivity index (χ4v) is 4.79. The number of hydrogen-bond donors (Lipinski definition) is 2. The van der Waals surface area contributed by atoms with Crippen LogP contribution in [0, 0.1) is 16.0 Å². The molecule has 3 unspecified atom stereocenters. The van der Waals surface area contributed by atoms with Crippen molar-refractivity contribution < 1.29 is 51.7 Å². The van der Waals surface area contributed by atoms with Gasteiger partial charge in [-0.1, -0.05) is 26.0 Å². The van der Waals surface area contributed by atoms with Crippen molar-refractivity contribution in [3.8, 4) is 11.5 Å². The molecule has 3 atom stereocenters. The lowest BCUT2D eigenvalue weighted by Gasteiger charge is -2.33. The zero-order valence-corrected chi connectivity index (χ0v) is 26.4. The van der Waals surface area contributed by atoms with Crippen molar-refractivity contribution in [2.75, 3.05) is 33.0 Å². The zero-order chi connectivity index (χ0) is 34.7. The number of ether oxygens (including phenoxy) is 4. The van der Waals surface area contributed by atoms with E-state index in [2.05, 4.69) is 10.3 Å². The molecule has 47 heavy (non-hydrogen) atoms. The Labute approximate surface area is 269 Å². The molecule has 0 saturated carbocycles. The minimum absolute atomic E-state index is 0.0855. The number of nitrogens with one attached hydrogen (secondary N) is 1. The molecule has 1 aliphatic heterocycles. The number of carbonyl (C=O) groups is 2. The molecule has 0 radical (unpaired) electrons. The summed E-state index contributed by atoms with van der Waals surface area (Å²) in [6.45, 7) is 6.69. The van der Waals surface area contributed by atoms with E-state index in [1.54, 1.807) is 24.3 Å². The van der Waals surface area contributed by atoms with E-state index in [4.69, 9.17) is 18.9 Å². The summed E-state index contributed by atoms with van der Waals surface area (Å²) in [4.78, 5) is 40.6. The van der Waals surface area contributed by atoms with Gasteiger partial charge in [0.1, 0.15) is 35.8 Å². The lowest BCUT2D eigenvalue weighted by atomic mass is 9.75. The highest BCUT2D eigenvalue weighted by molar-refractivity contribution is 6.10. The highest BCUT2D eigenvalue weighted by Crippen LogP contribution is 2.44. The number of rotatable bonds is 16. The Balaban J connectivity index is 1.70. The Hall–Kier alpha value is -4.50. The number of aliphatic hydroxyl groups excluding tert-OH is 1. The number of aliphatic hydroxyl groups is 1. The van der Waals surface area contributed by atoms with Gasteiger partial charge in [-0.05, 0) is 43.7 Å². The van der Waals surface area contributed by atoms with Crippen LogP contribution >= 0.6 is 0 Å². The summed E-state index contributed by atoms with van der Waals surface area (Å²) < 4.78 is 64.0. The van der Waals surface area contributed by atoms with Crippen LogP contribution < -0.4 is 14.8 Å². The average Bonchev–Trinajstić information content (AvgIpc) is 3.02. The van der Waals surface area contributed by atoms with Crippen molar-refractivity contribution in [1.29, 1.82) is 0 Å². The van der Waals surface area contributed by atoms with E-state index >= 15 is 0 Å². The lowest BCUT2D eigenvalue weighted by molar-refractivity contribution is -0.384. The quantitative estimate of drug-likeness (QED) is 0.109. The molecule has 2 N–H and O–H groups in total. The molecule has 0 fully saturated rings. The van der Waals surface area contributed by atoms with Gasteiger partial charge in [-0.25, -0.2) is 4.79 Å². The second-order valence-corrected chi connectivity index (χ2v) is 10.9. The third-order valence-electron chi connectivity index (χ3n) is 6.93. The standard InChI is InChI=1S/C32H38F3N3O9/c1-5-44-31(41)28-27(21-8-6-9-22(16-21)38(42)43)26(20(4)37-29(28)32(33,34)35)30(40)46-15-7-14-45-24-10-12-25(13-11-24)47-18-23(39)17-36-19(2)3/h6,8-13,16,19,23,27-28,36,39H,5,7,14-15,17-18H2,1-4H3. The number of esters is 2. The molecular formula is C32H38F3N3O9. The predicted molar refractivity (Wildman–Crippen MR) is 164 cm³/mol. The maximum Gasteiger partial charge on any atom is 0.430 e. The molecular weight excluding hydrogens is 627 g/mol. The first-order valence-electron chi connectivity index (χ1n) is 14.9. The number of nitro groups is 1. The molecule has 0 aliphatic carbocycles. The summed E-state index contributed by atoms with van der Waals surface area (Å²) in [5.41, 5.74) is -2.71. The van der Waals surface area contributed by atoms with Crippen LogP contribution in [0.3, 0.4) is 0 Å². The Morgan fingerprint density at radius 1 is 1.06 bits per heavy atom. The van der Waals surface area contributed by atoms with Crippen molar-refractivity contribution in [2.24, 2.45) is 10.9 Å². The lowest BCUT2D eigenvalue weighted by Crippen LogP contribution is -2.44. The van der Waals surface area contributed by atoms with E-state index in [1.165, 1.54) is 26.0 Å². The highest BCUT2D eigenvalue weighted by Gasteiger charge is 2.53. The molecule has 12 nitrogen and oxygen atoms in total. The Morgan fingerprint density at radius 3 is 2.32 bits per heavy atom. The first-order chi connectivity index (χ1) is 22.2. The van der Waals surface area contributed by atoms with Crippen LogP contribution in [0.2, 0.25) is 0 Å². The molecule has 256 valence electrons. The van der Waals surface area contributed by atoms with E-state index in [-0.39, 0.29) is 55.7 Å². The van der Waals surface area contributed by atoms with Gasteiger partial charge in [0.2, 0.25) is 0 Å². The van der Waals surface area contributed by atoms with Crippen LogP contribution in [0.25, 0.3) is 0 Å². The molecule has 0 amide bonds. The van der Waals surface area contributed by atoms with Crippen molar-refractivity contribution in [3.63, 3.8) is 0 Å². The zero-order valence-electron chi connectivity index (χ0n) is 26.4. The molecule has 2 aromatic rings. The summed E-state index contributed by atoms with van der Waals surface area (Å²) in [7, 11) is 0. The third kappa shape index (κ3) is 10.5. The number of halogens is 3. The van der Waals surface area contributed by atoms with Gasteiger partial charge >= 0.3 is 18.1 Å². The number of nitrogens with zero attached hydrogens (tertiary/aromatic N) is 2. The largest absolute Gasteiger partial charge is 0.493 e. The number of alkyl halides is 3. The van der Waals surface area contributed by atoms with Crippen LogP contribution in [-0.4, -0.2) is 79.0 Å². The molecule has 0 spiro atoms. The van der Waals surface area contributed by atoms with Gasteiger partial charge in [0.05, 0.1) is 30.3 Å². The summed E-state index contributed by atoms with van der Waals surface area (Å²) >= 11 is 0. The second kappa shape index (κ2) is 16.9. The molecule has 1 heterocycles. The van der Waals surface area contributed by atoms with Crippen molar-refractivity contribution in [2.45, 2.75) is 58.4 Å². The highest BCUT2D eigenvalue weighted by atomic mass is 19.4. The summed E-state index contributed by atoms with van der Waals surface area (Å²) in [5, 5.41) is 24.5. The van der Waals surface area contributed by atoms with Crippen molar-refractivity contribution >= 4 is 23.3 Å². The molecule has 0 bridgehead atoms. The molecule has 0 saturated heterocycles. The van der Waals surface area contributed by atoms with Gasteiger partial charge in [0, 0.05) is 42.8 Å². The number of aliphatic imine (C=N–C) groups is 1. The van der Waals surface area contributed by atoms with Crippen LogP contribution in [0.1, 0.15) is 45.6 Å². The van der Waals surface area contributed by atoms with Gasteiger partial charge in [0.25, 0.3) is 5.69 Å². The number of allylic oxidation sites excluding steroid dienone is 1. The van der Waals surface area contributed by atoms with Crippen molar-refractivity contribution in [1.82, 2.24) is 5.32 Å². The monoisotopic (exact) mass is 665 g/mol. The normalized spacial score (nSPS) is 17.2. The number of carbonyl (C=O) groups excluding carboxylic acids is 2. The van der Waals surface area contributed by atoms with Crippen LogP contribution in [0.5, 0.6) is 11.5 Å². The first kappa shape index (κ1) is 37.0. The van der Waals surface area contributed by atoms with Gasteiger partial charge in [-0.3, -0.25) is 19.9 Å². The topological polar surface area (TPSA) is 159 Å². The fourth-order valence-electron chi connectivity index (χ4n) is 4.79. The Morgan fingerprint density at radius 2 is 1.72 bits per heavy atom. The predicted octanol–water partition coefficient (Wildman–Crippen LogP) is 4.90. The number of nitro benzene ring substituents is 1. The number of non-ortho nitro benzene ring substituents is 1. The number of hydrogen-bond acceptors (Lipinski definition) is 11. The molecule has 0 aromatic heterocycles. The summed E-state index contributed by atoms with van der Waals surface area (Å²) in [6.07, 6.45) is -5.55. The van der Waals surface area contributed by atoms with Gasteiger partial charge in [0.15, 0.2) is 0 Å². The van der Waals surface area contributed by atoms with Gasteiger partial charge in [-0.15, -0.1) is 0 Å². The third-order valence-corrected chi connectivity index (χ3v) is 6.93. The van der Waals surface area contributed by atoms with E-state index in [0.29, 0.717) is 18.0 Å². The average molecular weight is 666 g/mol. The summed E-state index contributed by atoms with van der Waals surface area (Å²) in [6, 6.07) is 11.6. The van der Waals surface area contributed by atoms with E-state index in [1.807, 2.05) is 13.8 Å². The van der Waals surface area contributed by atoms with E-state index in [0.717, 1.165) is 12.1 Å².